The summed E-state index contributed by atoms with van der Waals surface area (Å²) in [7, 11) is 1.40. The third-order valence-corrected chi connectivity index (χ3v) is 2.96. The maximum atomic E-state index is 11.8. The van der Waals surface area contributed by atoms with Crippen molar-refractivity contribution in [2.24, 2.45) is 0 Å². The van der Waals surface area contributed by atoms with Gasteiger partial charge in [-0.25, -0.2) is 0 Å². The maximum absolute atomic E-state index is 11.8. The first kappa shape index (κ1) is 16.5. The summed E-state index contributed by atoms with van der Waals surface area (Å²) in [5.41, 5.74) is 6.03. The lowest BCUT2D eigenvalue weighted by atomic mass is 10.2. The Bertz CT molecular complexity index is 641. The molecule has 0 bridgehead atoms. The summed E-state index contributed by atoms with van der Waals surface area (Å²) >= 11 is 0. The van der Waals surface area contributed by atoms with E-state index >= 15 is 0 Å². The van der Waals surface area contributed by atoms with E-state index in [1.807, 2.05) is 30.3 Å². The molecule has 2 amide bonds. The lowest BCUT2D eigenvalue weighted by Crippen LogP contribution is -2.43. The Morgan fingerprint density at radius 3 is 2.30 bits per heavy atom. The van der Waals surface area contributed by atoms with Crippen molar-refractivity contribution >= 4 is 11.8 Å². The number of amides is 2. The highest BCUT2D eigenvalue weighted by atomic mass is 16.5. The van der Waals surface area contributed by atoms with Crippen LogP contribution in [0.4, 0.5) is 0 Å². The Labute approximate surface area is 134 Å². The average molecular weight is 314 g/mol. The average Bonchev–Trinajstić information content (AvgIpc) is 2.59. The number of carbonyl (C=O) groups is 2. The molecule has 0 aliphatic rings. The summed E-state index contributed by atoms with van der Waals surface area (Å²) in [6, 6.07) is 16.4. The van der Waals surface area contributed by atoms with Crippen LogP contribution < -0.4 is 15.6 Å². The number of ether oxygens (including phenoxy) is 2. The van der Waals surface area contributed by atoms with Gasteiger partial charge in [0, 0.05) is 12.7 Å². The molecular weight excluding hydrogens is 296 g/mol. The molecule has 2 N–H and O–H groups in total. The number of benzene rings is 2. The Morgan fingerprint density at radius 1 is 0.957 bits per heavy atom. The first-order chi connectivity index (χ1) is 11.2. The third kappa shape index (κ3) is 5.44. The molecule has 0 unspecified atom stereocenters. The second-order valence-electron chi connectivity index (χ2n) is 4.73. The van der Waals surface area contributed by atoms with Crippen LogP contribution in [-0.2, 0) is 16.1 Å². The van der Waals surface area contributed by atoms with Gasteiger partial charge in [-0.05, 0) is 29.8 Å². The zero-order chi connectivity index (χ0) is 16.5. The van der Waals surface area contributed by atoms with Gasteiger partial charge in [-0.3, -0.25) is 20.4 Å². The first-order valence-corrected chi connectivity index (χ1v) is 7.04. The van der Waals surface area contributed by atoms with Gasteiger partial charge in [0.05, 0.1) is 0 Å². The molecule has 0 aliphatic heterocycles. The molecule has 6 heteroatoms. The lowest BCUT2D eigenvalue weighted by molar-refractivity contribution is -0.125. The smallest absolute Gasteiger partial charge is 0.269 e. The molecule has 0 atom stereocenters. The van der Waals surface area contributed by atoms with Gasteiger partial charge in [-0.1, -0.05) is 30.3 Å². The molecule has 0 fully saturated rings. The topological polar surface area (TPSA) is 76.7 Å². The second-order valence-corrected chi connectivity index (χ2v) is 4.73. The molecule has 0 radical (unpaired) electrons. The molecule has 0 heterocycles. The monoisotopic (exact) mass is 314 g/mol. The van der Waals surface area contributed by atoms with Crippen molar-refractivity contribution < 1.29 is 19.1 Å². The number of methoxy groups -OCH3 is 1. The number of nitrogens with one attached hydrogen (secondary N) is 2. The second kappa shape index (κ2) is 8.55. The third-order valence-electron chi connectivity index (χ3n) is 2.96. The molecule has 120 valence electrons. The van der Waals surface area contributed by atoms with Crippen molar-refractivity contribution in [3.63, 3.8) is 0 Å². The Morgan fingerprint density at radius 2 is 1.65 bits per heavy atom. The van der Waals surface area contributed by atoms with E-state index in [4.69, 9.17) is 4.74 Å². The van der Waals surface area contributed by atoms with E-state index in [1.54, 1.807) is 24.3 Å². The zero-order valence-electron chi connectivity index (χ0n) is 12.7. The predicted octanol–water partition coefficient (Wildman–Crippen LogP) is 1.67. The summed E-state index contributed by atoms with van der Waals surface area (Å²) in [4.78, 5) is 23.0. The van der Waals surface area contributed by atoms with Gasteiger partial charge in [-0.15, -0.1) is 0 Å². The highest BCUT2D eigenvalue weighted by molar-refractivity contribution is 5.95. The highest BCUT2D eigenvalue weighted by Crippen LogP contribution is 2.14. The van der Waals surface area contributed by atoms with Gasteiger partial charge in [0.15, 0.2) is 0 Å². The van der Waals surface area contributed by atoms with Crippen LogP contribution in [0.15, 0.2) is 54.6 Å². The summed E-state index contributed by atoms with van der Waals surface area (Å²) in [6.07, 6.45) is 0. The van der Waals surface area contributed by atoms with Crippen molar-refractivity contribution in [2.75, 3.05) is 13.7 Å². The van der Waals surface area contributed by atoms with Crippen LogP contribution >= 0.6 is 0 Å². The molecule has 6 nitrogen and oxygen atoms in total. The minimum absolute atomic E-state index is 0.119. The number of hydrazine groups is 1. The fourth-order valence-corrected chi connectivity index (χ4v) is 1.81. The Hall–Kier alpha value is -2.86. The van der Waals surface area contributed by atoms with Crippen LogP contribution in [0.25, 0.3) is 0 Å². The largest absolute Gasteiger partial charge is 0.489 e. The molecule has 23 heavy (non-hydrogen) atoms. The molecule has 2 aromatic carbocycles. The zero-order valence-corrected chi connectivity index (χ0v) is 12.7. The fourth-order valence-electron chi connectivity index (χ4n) is 1.81. The van der Waals surface area contributed by atoms with E-state index in [1.165, 1.54) is 7.11 Å². The van der Waals surface area contributed by atoms with Crippen LogP contribution in [-0.4, -0.2) is 25.5 Å². The number of rotatable bonds is 6. The number of carbonyl (C=O) groups excluding carboxylic acids is 2. The minimum atomic E-state index is -0.427. The summed E-state index contributed by atoms with van der Waals surface area (Å²) in [5.74, 6) is -0.179. The molecular formula is C17H18N2O4. The molecule has 0 aliphatic carbocycles. The van der Waals surface area contributed by atoms with Gasteiger partial charge in [-0.2, -0.15) is 0 Å². The first-order valence-electron chi connectivity index (χ1n) is 7.04. The van der Waals surface area contributed by atoms with Crippen LogP contribution in [0, 0.1) is 0 Å². The standard InChI is InChI=1S/C17H18N2O4/c1-22-12-16(20)18-19-17(21)14-7-9-15(10-8-14)23-11-13-5-3-2-4-6-13/h2-10H,11-12H2,1H3,(H,18,20)(H,19,21). The van der Waals surface area contributed by atoms with E-state index in [0.29, 0.717) is 17.9 Å². The lowest BCUT2D eigenvalue weighted by Gasteiger charge is -2.09. The van der Waals surface area contributed by atoms with Crippen LogP contribution in [0.3, 0.4) is 0 Å². The van der Waals surface area contributed by atoms with E-state index in [0.717, 1.165) is 5.56 Å². The van der Waals surface area contributed by atoms with Gasteiger partial charge in [0.2, 0.25) is 0 Å². The highest BCUT2D eigenvalue weighted by Gasteiger charge is 2.07. The van der Waals surface area contributed by atoms with Crippen molar-refractivity contribution in [1.82, 2.24) is 10.9 Å². The molecule has 2 aromatic rings. The van der Waals surface area contributed by atoms with Gasteiger partial charge in [0.25, 0.3) is 11.8 Å². The maximum Gasteiger partial charge on any atom is 0.269 e. The fraction of sp³-hybridized carbons (Fsp3) is 0.176. The van der Waals surface area contributed by atoms with Gasteiger partial charge in [0.1, 0.15) is 19.0 Å². The van der Waals surface area contributed by atoms with Crippen molar-refractivity contribution in [2.45, 2.75) is 6.61 Å². The molecule has 2 rings (SSSR count). The normalized spacial score (nSPS) is 9.96. The van der Waals surface area contributed by atoms with E-state index in [-0.39, 0.29) is 6.61 Å². The molecule has 0 saturated heterocycles. The minimum Gasteiger partial charge on any atom is -0.489 e. The van der Waals surface area contributed by atoms with Crippen LogP contribution in [0.2, 0.25) is 0 Å². The van der Waals surface area contributed by atoms with Crippen LogP contribution in [0.5, 0.6) is 5.75 Å². The molecule has 0 saturated carbocycles. The van der Waals surface area contributed by atoms with Gasteiger partial charge < -0.3 is 9.47 Å². The molecule has 0 spiro atoms. The quantitative estimate of drug-likeness (QED) is 0.795. The van der Waals surface area contributed by atoms with Gasteiger partial charge >= 0.3 is 0 Å². The Kier molecular flexibility index (Phi) is 6.14. The van der Waals surface area contributed by atoms with Crippen LogP contribution in [0.1, 0.15) is 15.9 Å². The Balaban J connectivity index is 1.84. The van der Waals surface area contributed by atoms with E-state index in [9.17, 15) is 9.59 Å². The number of hydrogen-bond donors (Lipinski definition) is 2. The number of hydrogen-bond acceptors (Lipinski definition) is 4. The van der Waals surface area contributed by atoms with E-state index in [2.05, 4.69) is 15.6 Å². The van der Waals surface area contributed by atoms with Crippen molar-refractivity contribution in [1.29, 1.82) is 0 Å². The predicted molar refractivity (Wildman–Crippen MR) is 84.7 cm³/mol. The summed E-state index contributed by atoms with van der Waals surface area (Å²) < 4.78 is 10.3. The van der Waals surface area contributed by atoms with Crippen molar-refractivity contribution in [3.8, 4) is 5.75 Å². The summed E-state index contributed by atoms with van der Waals surface area (Å²) in [5, 5.41) is 0. The van der Waals surface area contributed by atoms with Crippen molar-refractivity contribution in [3.05, 3.63) is 65.7 Å². The molecule has 0 aromatic heterocycles. The summed E-state index contributed by atoms with van der Waals surface area (Å²) in [6.45, 7) is 0.339. The van der Waals surface area contributed by atoms with E-state index < -0.39 is 11.8 Å². The SMILES string of the molecule is COCC(=O)NNC(=O)c1ccc(OCc2ccccc2)cc1.